The Kier molecular flexibility index (Phi) is 3.48. The minimum atomic E-state index is -4.32. The van der Waals surface area contributed by atoms with Crippen LogP contribution in [-0.4, -0.2) is 4.98 Å². The molecule has 0 aliphatic heterocycles. The fraction of sp³-hybridized carbons (Fsp3) is 0.118. The molecule has 3 rings (SSSR count). The molecule has 0 fully saturated rings. The Hall–Kier alpha value is -2.56. The van der Waals surface area contributed by atoms with Crippen LogP contribution in [0.4, 0.5) is 24.5 Å². The third kappa shape index (κ3) is 2.74. The second kappa shape index (κ2) is 5.33. The molecule has 0 spiro atoms. The Morgan fingerprint density at radius 1 is 0.955 bits per heavy atom. The Balaban J connectivity index is 1.95. The lowest BCUT2D eigenvalue weighted by Crippen LogP contribution is -2.04. The molecule has 0 amide bonds. The van der Waals surface area contributed by atoms with E-state index in [-0.39, 0.29) is 0 Å². The van der Waals surface area contributed by atoms with Crippen molar-refractivity contribution in [2.24, 2.45) is 0 Å². The van der Waals surface area contributed by atoms with Crippen molar-refractivity contribution in [1.82, 2.24) is 4.98 Å². The summed E-state index contributed by atoms with van der Waals surface area (Å²) < 4.78 is 37.7. The van der Waals surface area contributed by atoms with Crippen molar-refractivity contribution in [2.75, 3.05) is 5.32 Å². The lowest BCUT2D eigenvalue weighted by Gasteiger charge is -2.12. The third-order valence-corrected chi connectivity index (χ3v) is 3.46. The van der Waals surface area contributed by atoms with Crippen molar-refractivity contribution in [1.29, 1.82) is 0 Å². The van der Waals surface area contributed by atoms with Crippen LogP contribution in [0.15, 0.2) is 54.7 Å². The minimum Gasteiger partial charge on any atom is -0.355 e. The van der Waals surface area contributed by atoms with Gasteiger partial charge in [0, 0.05) is 23.0 Å². The van der Waals surface area contributed by atoms with E-state index in [1.54, 1.807) is 12.3 Å². The normalized spacial score (nSPS) is 11.6. The van der Waals surface area contributed by atoms with Gasteiger partial charge in [-0.05, 0) is 42.8 Å². The number of nitrogens with one attached hydrogen (secondary N) is 1. The molecule has 2 aromatic carbocycles. The van der Waals surface area contributed by atoms with Crippen LogP contribution in [0.25, 0.3) is 10.9 Å². The van der Waals surface area contributed by atoms with Crippen LogP contribution in [0.2, 0.25) is 0 Å². The van der Waals surface area contributed by atoms with Crippen LogP contribution < -0.4 is 5.32 Å². The number of benzene rings is 2. The van der Waals surface area contributed by atoms with Crippen molar-refractivity contribution < 1.29 is 13.2 Å². The number of halogens is 3. The summed E-state index contributed by atoms with van der Waals surface area (Å²) in [7, 11) is 0. The van der Waals surface area contributed by atoms with Crippen molar-refractivity contribution in [3.63, 3.8) is 0 Å². The quantitative estimate of drug-likeness (QED) is 0.694. The maximum absolute atomic E-state index is 12.6. The second-order valence-electron chi connectivity index (χ2n) is 5.03. The molecular weight excluding hydrogens is 289 g/mol. The molecule has 0 aliphatic carbocycles. The van der Waals surface area contributed by atoms with Gasteiger partial charge in [0.1, 0.15) is 0 Å². The fourth-order valence-corrected chi connectivity index (χ4v) is 2.33. The molecule has 1 N–H and O–H groups in total. The minimum absolute atomic E-state index is 0.599. The average Bonchev–Trinajstić information content (AvgIpc) is 2.48. The predicted octanol–water partition coefficient (Wildman–Crippen LogP) is 5.31. The molecule has 0 aliphatic rings. The summed E-state index contributed by atoms with van der Waals surface area (Å²) in [4.78, 5) is 4.34. The zero-order valence-corrected chi connectivity index (χ0v) is 11.8. The Morgan fingerprint density at radius 3 is 2.36 bits per heavy atom. The van der Waals surface area contributed by atoms with Crippen LogP contribution >= 0.6 is 0 Å². The fourth-order valence-electron chi connectivity index (χ4n) is 2.33. The Bertz CT molecular complexity index is 808. The van der Waals surface area contributed by atoms with E-state index in [1.807, 2.05) is 25.1 Å². The number of aromatic nitrogens is 1. The number of para-hydroxylation sites is 1. The summed E-state index contributed by atoms with van der Waals surface area (Å²) in [6.07, 6.45) is -2.64. The Labute approximate surface area is 125 Å². The van der Waals surface area contributed by atoms with Crippen molar-refractivity contribution in [2.45, 2.75) is 13.1 Å². The van der Waals surface area contributed by atoms with E-state index >= 15 is 0 Å². The molecule has 0 radical (unpaired) electrons. The first-order valence-corrected chi connectivity index (χ1v) is 6.74. The van der Waals surface area contributed by atoms with Crippen LogP contribution in [0.5, 0.6) is 0 Å². The van der Waals surface area contributed by atoms with Gasteiger partial charge in [0.05, 0.1) is 11.1 Å². The number of anilines is 2. The number of pyridine rings is 1. The number of nitrogens with zero attached hydrogens (tertiary/aromatic N) is 1. The highest BCUT2D eigenvalue weighted by atomic mass is 19.4. The maximum atomic E-state index is 12.6. The standard InChI is InChI=1S/C17H13F3N2/c1-11-3-2-4-14-15(9-10-21-16(11)14)22-13-7-5-12(6-8-13)17(18,19)20/h2-10H,1H3,(H,21,22). The zero-order chi connectivity index (χ0) is 15.7. The number of aryl methyl sites for hydroxylation is 1. The smallest absolute Gasteiger partial charge is 0.355 e. The number of rotatable bonds is 2. The zero-order valence-electron chi connectivity index (χ0n) is 11.8. The number of alkyl halides is 3. The molecule has 112 valence electrons. The van der Waals surface area contributed by atoms with E-state index in [1.165, 1.54) is 12.1 Å². The highest BCUT2D eigenvalue weighted by Gasteiger charge is 2.29. The molecule has 0 bridgehead atoms. The molecule has 1 aromatic heterocycles. The van der Waals surface area contributed by atoms with Gasteiger partial charge in [0.2, 0.25) is 0 Å². The molecule has 3 aromatic rings. The summed E-state index contributed by atoms with van der Waals surface area (Å²) in [6.45, 7) is 1.97. The summed E-state index contributed by atoms with van der Waals surface area (Å²) in [5.74, 6) is 0. The van der Waals surface area contributed by atoms with Crippen LogP contribution in [0.3, 0.4) is 0 Å². The largest absolute Gasteiger partial charge is 0.416 e. The summed E-state index contributed by atoms with van der Waals surface area (Å²) in [5, 5.41) is 4.08. The van der Waals surface area contributed by atoms with Gasteiger partial charge in [0.25, 0.3) is 0 Å². The summed E-state index contributed by atoms with van der Waals surface area (Å²) in [5.41, 5.74) is 2.68. The lowest BCUT2D eigenvalue weighted by atomic mass is 10.1. The molecular formula is C17H13F3N2. The van der Waals surface area contributed by atoms with Gasteiger partial charge in [-0.3, -0.25) is 4.98 Å². The highest BCUT2D eigenvalue weighted by molar-refractivity contribution is 5.94. The van der Waals surface area contributed by atoms with Gasteiger partial charge in [-0.15, -0.1) is 0 Å². The summed E-state index contributed by atoms with van der Waals surface area (Å²) in [6, 6.07) is 12.6. The van der Waals surface area contributed by atoms with Crippen LogP contribution in [-0.2, 0) is 6.18 Å². The van der Waals surface area contributed by atoms with Gasteiger partial charge in [-0.2, -0.15) is 13.2 Å². The molecule has 0 atom stereocenters. The second-order valence-corrected chi connectivity index (χ2v) is 5.03. The number of fused-ring (bicyclic) bond motifs is 1. The topological polar surface area (TPSA) is 24.9 Å². The maximum Gasteiger partial charge on any atom is 0.416 e. The first-order chi connectivity index (χ1) is 10.4. The number of hydrogen-bond acceptors (Lipinski definition) is 2. The average molecular weight is 302 g/mol. The molecule has 0 saturated heterocycles. The lowest BCUT2D eigenvalue weighted by molar-refractivity contribution is -0.137. The van der Waals surface area contributed by atoms with E-state index in [4.69, 9.17) is 0 Å². The van der Waals surface area contributed by atoms with E-state index in [2.05, 4.69) is 10.3 Å². The van der Waals surface area contributed by atoms with E-state index < -0.39 is 11.7 Å². The van der Waals surface area contributed by atoms with Crippen LogP contribution in [0, 0.1) is 6.92 Å². The SMILES string of the molecule is Cc1cccc2c(Nc3ccc(C(F)(F)F)cc3)ccnc12. The molecule has 0 saturated carbocycles. The molecule has 5 heteroatoms. The van der Waals surface area contributed by atoms with Crippen molar-refractivity contribution in [3.8, 4) is 0 Å². The molecule has 22 heavy (non-hydrogen) atoms. The first kappa shape index (κ1) is 14.4. The van der Waals surface area contributed by atoms with E-state index in [9.17, 15) is 13.2 Å². The number of hydrogen-bond donors (Lipinski definition) is 1. The Morgan fingerprint density at radius 2 is 1.68 bits per heavy atom. The summed E-state index contributed by atoms with van der Waals surface area (Å²) >= 11 is 0. The third-order valence-electron chi connectivity index (χ3n) is 3.46. The van der Waals surface area contributed by atoms with E-state index in [0.717, 1.165) is 34.3 Å². The van der Waals surface area contributed by atoms with Crippen molar-refractivity contribution >= 4 is 22.3 Å². The highest BCUT2D eigenvalue weighted by Crippen LogP contribution is 2.31. The first-order valence-electron chi connectivity index (χ1n) is 6.74. The molecule has 0 unspecified atom stereocenters. The molecule has 2 nitrogen and oxygen atoms in total. The van der Waals surface area contributed by atoms with Crippen molar-refractivity contribution in [3.05, 3.63) is 65.9 Å². The van der Waals surface area contributed by atoms with Gasteiger partial charge in [0.15, 0.2) is 0 Å². The predicted molar refractivity (Wildman–Crippen MR) is 81.2 cm³/mol. The molecule has 1 heterocycles. The van der Waals surface area contributed by atoms with Crippen LogP contribution in [0.1, 0.15) is 11.1 Å². The van der Waals surface area contributed by atoms with E-state index in [0.29, 0.717) is 5.69 Å². The monoisotopic (exact) mass is 302 g/mol. The van der Waals surface area contributed by atoms with Gasteiger partial charge >= 0.3 is 6.18 Å². The van der Waals surface area contributed by atoms with Gasteiger partial charge < -0.3 is 5.32 Å². The van der Waals surface area contributed by atoms with Gasteiger partial charge in [-0.25, -0.2) is 0 Å². The van der Waals surface area contributed by atoms with Gasteiger partial charge in [-0.1, -0.05) is 18.2 Å².